The third-order valence-corrected chi connectivity index (χ3v) is 3.57. The molecule has 4 nitrogen and oxygen atoms in total. The molecule has 1 aromatic carbocycles. The third kappa shape index (κ3) is 3.68. The zero-order valence-corrected chi connectivity index (χ0v) is 12.1. The highest BCUT2D eigenvalue weighted by Crippen LogP contribution is 2.23. The zero-order chi connectivity index (χ0) is 13.8. The van der Waals surface area contributed by atoms with Crippen molar-refractivity contribution in [3.63, 3.8) is 0 Å². The molecule has 0 fully saturated rings. The van der Waals surface area contributed by atoms with Gasteiger partial charge in [0.1, 0.15) is 5.75 Å². The molecule has 0 atom stereocenters. The lowest BCUT2D eigenvalue weighted by Gasteiger charge is -2.08. The Bertz CT molecular complexity index is 598. The summed E-state index contributed by atoms with van der Waals surface area (Å²) in [7, 11) is 1.56. The first-order valence-corrected chi connectivity index (χ1v) is 6.88. The molecule has 1 amide bonds. The predicted molar refractivity (Wildman–Crippen MR) is 77.2 cm³/mol. The Hall–Kier alpha value is -1.59. The van der Waals surface area contributed by atoms with E-state index in [9.17, 15) is 4.79 Å². The van der Waals surface area contributed by atoms with E-state index in [4.69, 9.17) is 16.3 Å². The van der Waals surface area contributed by atoms with E-state index in [1.165, 1.54) is 11.3 Å². The van der Waals surface area contributed by atoms with E-state index >= 15 is 0 Å². The zero-order valence-electron chi connectivity index (χ0n) is 10.6. The number of anilines is 1. The van der Waals surface area contributed by atoms with Gasteiger partial charge in [0.2, 0.25) is 5.91 Å². The summed E-state index contributed by atoms with van der Waals surface area (Å²) in [5, 5.41) is 5.81. The standard InChI is InChI=1S/C13H13ClN2O2S/c1-8-7-19-13(15-8)16-12(17)6-9-5-10(14)3-4-11(9)18-2/h3-5,7H,6H2,1-2H3,(H,15,16,17). The first-order chi connectivity index (χ1) is 9.08. The first kappa shape index (κ1) is 13.8. The van der Waals surface area contributed by atoms with Crippen LogP contribution in [0.4, 0.5) is 5.13 Å². The minimum Gasteiger partial charge on any atom is -0.496 e. The molecule has 0 radical (unpaired) electrons. The van der Waals surface area contributed by atoms with Crippen LogP contribution in [0.25, 0.3) is 0 Å². The number of ether oxygens (including phenoxy) is 1. The van der Waals surface area contributed by atoms with E-state index in [-0.39, 0.29) is 12.3 Å². The smallest absolute Gasteiger partial charge is 0.230 e. The molecule has 0 aliphatic heterocycles. The lowest BCUT2D eigenvalue weighted by Crippen LogP contribution is -2.14. The molecular formula is C13H13ClN2O2S. The summed E-state index contributed by atoms with van der Waals surface area (Å²) in [4.78, 5) is 16.1. The molecule has 0 saturated heterocycles. The number of hydrogen-bond acceptors (Lipinski definition) is 4. The van der Waals surface area contributed by atoms with Gasteiger partial charge in [-0.2, -0.15) is 0 Å². The molecule has 0 aliphatic carbocycles. The van der Waals surface area contributed by atoms with Crippen LogP contribution < -0.4 is 10.1 Å². The Morgan fingerprint density at radius 3 is 2.95 bits per heavy atom. The summed E-state index contributed by atoms with van der Waals surface area (Å²) >= 11 is 7.32. The fourth-order valence-electron chi connectivity index (χ4n) is 1.63. The van der Waals surface area contributed by atoms with Gasteiger partial charge in [0.25, 0.3) is 0 Å². The highest BCUT2D eigenvalue weighted by Gasteiger charge is 2.11. The lowest BCUT2D eigenvalue weighted by atomic mass is 10.1. The van der Waals surface area contributed by atoms with Crippen molar-refractivity contribution in [3.8, 4) is 5.75 Å². The molecule has 19 heavy (non-hydrogen) atoms. The lowest BCUT2D eigenvalue weighted by molar-refractivity contribution is -0.115. The van der Waals surface area contributed by atoms with Crippen LogP contribution in [-0.4, -0.2) is 18.0 Å². The van der Waals surface area contributed by atoms with Gasteiger partial charge in [-0.05, 0) is 25.1 Å². The molecule has 2 rings (SSSR count). The van der Waals surface area contributed by atoms with E-state index in [0.717, 1.165) is 11.3 Å². The number of methoxy groups -OCH3 is 1. The Labute approximate surface area is 120 Å². The van der Waals surface area contributed by atoms with Crippen molar-refractivity contribution in [2.75, 3.05) is 12.4 Å². The number of thiazole rings is 1. The van der Waals surface area contributed by atoms with Crippen LogP contribution in [0.2, 0.25) is 5.02 Å². The number of rotatable bonds is 4. The van der Waals surface area contributed by atoms with Crippen LogP contribution in [0.1, 0.15) is 11.3 Å². The topological polar surface area (TPSA) is 51.2 Å². The van der Waals surface area contributed by atoms with E-state index in [1.54, 1.807) is 25.3 Å². The van der Waals surface area contributed by atoms with Crippen molar-refractivity contribution in [2.24, 2.45) is 0 Å². The maximum atomic E-state index is 11.9. The predicted octanol–water partition coefficient (Wildman–Crippen LogP) is 3.29. The van der Waals surface area contributed by atoms with Crippen LogP contribution in [-0.2, 0) is 11.2 Å². The first-order valence-electron chi connectivity index (χ1n) is 5.63. The number of halogens is 1. The van der Waals surface area contributed by atoms with Gasteiger partial charge in [0.15, 0.2) is 5.13 Å². The number of nitrogens with one attached hydrogen (secondary N) is 1. The van der Waals surface area contributed by atoms with Gasteiger partial charge in [-0.25, -0.2) is 4.98 Å². The molecule has 100 valence electrons. The van der Waals surface area contributed by atoms with Gasteiger partial charge in [0, 0.05) is 16.0 Å². The molecule has 0 saturated carbocycles. The normalized spacial score (nSPS) is 10.3. The van der Waals surface area contributed by atoms with Gasteiger partial charge in [-0.1, -0.05) is 11.6 Å². The average Bonchev–Trinajstić information content (AvgIpc) is 2.75. The van der Waals surface area contributed by atoms with Crippen molar-refractivity contribution >= 4 is 34.0 Å². The highest BCUT2D eigenvalue weighted by atomic mass is 35.5. The number of carbonyl (C=O) groups excluding carboxylic acids is 1. The van der Waals surface area contributed by atoms with Crippen LogP contribution in [0.3, 0.4) is 0 Å². The van der Waals surface area contributed by atoms with Crippen LogP contribution >= 0.6 is 22.9 Å². The summed E-state index contributed by atoms with van der Waals surface area (Å²) in [6.07, 6.45) is 0.197. The van der Waals surface area contributed by atoms with Crippen molar-refractivity contribution in [1.82, 2.24) is 4.98 Å². The summed E-state index contributed by atoms with van der Waals surface area (Å²) < 4.78 is 5.20. The van der Waals surface area contributed by atoms with Crippen LogP contribution in [0.5, 0.6) is 5.75 Å². The minimum absolute atomic E-state index is 0.144. The van der Waals surface area contributed by atoms with E-state index in [1.807, 2.05) is 12.3 Å². The SMILES string of the molecule is COc1ccc(Cl)cc1CC(=O)Nc1nc(C)cs1. The monoisotopic (exact) mass is 296 g/mol. The second kappa shape index (κ2) is 6.04. The summed E-state index contributed by atoms with van der Waals surface area (Å²) in [6, 6.07) is 5.21. The van der Waals surface area contributed by atoms with Gasteiger partial charge in [0.05, 0.1) is 19.2 Å². The Kier molecular flexibility index (Phi) is 4.39. The number of amides is 1. The maximum Gasteiger partial charge on any atom is 0.230 e. The number of carbonyl (C=O) groups is 1. The largest absolute Gasteiger partial charge is 0.496 e. The maximum absolute atomic E-state index is 11.9. The van der Waals surface area contributed by atoms with Crippen molar-refractivity contribution in [3.05, 3.63) is 39.9 Å². The van der Waals surface area contributed by atoms with Crippen molar-refractivity contribution in [1.29, 1.82) is 0 Å². The molecule has 0 aliphatic rings. The van der Waals surface area contributed by atoms with Gasteiger partial charge in [-0.3, -0.25) is 4.79 Å². The number of aromatic nitrogens is 1. The quantitative estimate of drug-likeness (QED) is 0.942. The highest BCUT2D eigenvalue weighted by molar-refractivity contribution is 7.13. The number of aryl methyl sites for hydroxylation is 1. The van der Waals surface area contributed by atoms with E-state index < -0.39 is 0 Å². The molecular weight excluding hydrogens is 284 g/mol. The fourth-order valence-corrected chi connectivity index (χ4v) is 2.53. The number of nitrogens with zero attached hydrogens (tertiary/aromatic N) is 1. The minimum atomic E-state index is -0.144. The second-order valence-corrected chi connectivity index (χ2v) is 5.27. The molecule has 0 unspecified atom stereocenters. The Balaban J connectivity index is 2.08. The molecule has 1 N–H and O–H groups in total. The summed E-state index contributed by atoms with van der Waals surface area (Å²) in [5.41, 5.74) is 1.64. The van der Waals surface area contributed by atoms with Crippen LogP contribution in [0.15, 0.2) is 23.6 Å². The van der Waals surface area contributed by atoms with Crippen molar-refractivity contribution < 1.29 is 9.53 Å². The molecule has 6 heteroatoms. The molecule has 0 bridgehead atoms. The Morgan fingerprint density at radius 1 is 1.53 bits per heavy atom. The average molecular weight is 297 g/mol. The Morgan fingerprint density at radius 2 is 2.32 bits per heavy atom. The molecule has 1 aromatic heterocycles. The van der Waals surface area contributed by atoms with Gasteiger partial charge in [-0.15, -0.1) is 11.3 Å². The molecule has 0 spiro atoms. The third-order valence-electron chi connectivity index (χ3n) is 2.46. The number of hydrogen-bond donors (Lipinski definition) is 1. The van der Waals surface area contributed by atoms with Gasteiger partial charge < -0.3 is 10.1 Å². The fraction of sp³-hybridized carbons (Fsp3) is 0.231. The van der Waals surface area contributed by atoms with E-state index in [0.29, 0.717) is 15.9 Å². The van der Waals surface area contributed by atoms with Crippen LogP contribution in [0, 0.1) is 6.92 Å². The number of benzene rings is 1. The van der Waals surface area contributed by atoms with E-state index in [2.05, 4.69) is 10.3 Å². The van der Waals surface area contributed by atoms with Gasteiger partial charge >= 0.3 is 0 Å². The molecule has 2 aromatic rings. The summed E-state index contributed by atoms with van der Waals surface area (Å²) in [5.74, 6) is 0.504. The van der Waals surface area contributed by atoms with Crippen molar-refractivity contribution in [2.45, 2.75) is 13.3 Å². The summed E-state index contributed by atoms with van der Waals surface area (Å²) in [6.45, 7) is 1.88. The molecule has 1 heterocycles. The second-order valence-electron chi connectivity index (χ2n) is 3.98.